The molecule has 5 heteroatoms. The van der Waals surface area contributed by atoms with Gasteiger partial charge in [-0.2, -0.15) is 0 Å². The molecule has 0 fully saturated rings. The molecule has 82 valence electrons. The van der Waals surface area contributed by atoms with Crippen LogP contribution < -0.4 is 11.1 Å². The van der Waals surface area contributed by atoms with Crippen LogP contribution in [-0.4, -0.2) is 30.2 Å². The first-order valence-electron chi connectivity index (χ1n) is 4.78. The highest BCUT2D eigenvalue weighted by Crippen LogP contribution is 1.93. The molecule has 0 aliphatic heterocycles. The molecule has 4 nitrogen and oxygen atoms in total. The van der Waals surface area contributed by atoms with Crippen molar-refractivity contribution in [2.75, 3.05) is 13.2 Å². The summed E-state index contributed by atoms with van der Waals surface area (Å²) in [5.41, 5.74) is 5.44. The summed E-state index contributed by atoms with van der Waals surface area (Å²) in [6, 6.07) is -0.195. The molecule has 1 atom stereocenters. The van der Waals surface area contributed by atoms with Crippen molar-refractivity contribution in [3.63, 3.8) is 0 Å². The Balaban J connectivity index is 3.74. The van der Waals surface area contributed by atoms with Gasteiger partial charge in [-0.05, 0) is 13.3 Å². The topological polar surface area (TPSA) is 64.3 Å². The highest BCUT2D eigenvalue weighted by Gasteiger charge is 2.11. The summed E-state index contributed by atoms with van der Waals surface area (Å²) < 4.78 is 5.05. The predicted octanol–water partition coefficient (Wildman–Crippen LogP) is 0.594. The smallest absolute Gasteiger partial charge is 0.222 e. The Hall–Kier alpha value is -0.680. The molecule has 0 saturated carbocycles. The third-order valence-corrected chi connectivity index (χ3v) is 2.05. The maximum Gasteiger partial charge on any atom is 0.222 e. The zero-order valence-electron chi connectivity index (χ0n) is 8.71. The number of hydrogen-bond acceptors (Lipinski definition) is 3. The minimum Gasteiger partial charge on any atom is -0.392 e. The fraction of sp³-hybridized carbons (Fsp3) is 0.778. The van der Waals surface area contributed by atoms with Crippen molar-refractivity contribution in [2.45, 2.75) is 32.7 Å². The third-order valence-electron chi connectivity index (χ3n) is 1.76. The number of carbonyl (C=O) groups is 1. The van der Waals surface area contributed by atoms with Crippen molar-refractivity contribution in [1.82, 2.24) is 5.32 Å². The largest absolute Gasteiger partial charge is 0.392 e. The van der Waals surface area contributed by atoms with Gasteiger partial charge in [0.15, 0.2) is 0 Å². The van der Waals surface area contributed by atoms with Gasteiger partial charge in [-0.1, -0.05) is 19.1 Å². The summed E-state index contributed by atoms with van der Waals surface area (Å²) in [6.07, 6.45) is 1.07. The first-order valence-corrected chi connectivity index (χ1v) is 5.19. The van der Waals surface area contributed by atoms with E-state index in [4.69, 9.17) is 22.7 Å². The van der Waals surface area contributed by atoms with Crippen molar-refractivity contribution >= 4 is 23.1 Å². The van der Waals surface area contributed by atoms with Crippen LogP contribution in [-0.2, 0) is 9.53 Å². The minimum atomic E-state index is -0.195. The van der Waals surface area contributed by atoms with Gasteiger partial charge < -0.3 is 15.8 Å². The second kappa shape index (κ2) is 7.70. The fourth-order valence-corrected chi connectivity index (χ4v) is 1.18. The average molecular weight is 218 g/mol. The van der Waals surface area contributed by atoms with E-state index in [9.17, 15) is 4.79 Å². The van der Waals surface area contributed by atoms with Crippen LogP contribution in [0.3, 0.4) is 0 Å². The minimum absolute atomic E-state index is 0.0712. The van der Waals surface area contributed by atoms with Gasteiger partial charge in [0.05, 0.1) is 17.6 Å². The number of hydrogen-bond donors (Lipinski definition) is 2. The molecule has 0 aliphatic rings. The van der Waals surface area contributed by atoms with Crippen LogP contribution in [0.1, 0.15) is 26.7 Å². The molecular weight excluding hydrogens is 200 g/mol. The van der Waals surface area contributed by atoms with Crippen LogP contribution in [0.5, 0.6) is 0 Å². The number of thiocarbonyl (C=S) groups is 1. The molecule has 0 spiro atoms. The summed E-state index contributed by atoms with van der Waals surface area (Å²) in [5, 5.41) is 2.74. The van der Waals surface area contributed by atoms with Gasteiger partial charge in [0.25, 0.3) is 0 Å². The predicted molar refractivity (Wildman–Crippen MR) is 60.1 cm³/mol. The van der Waals surface area contributed by atoms with Gasteiger partial charge in [-0.25, -0.2) is 0 Å². The van der Waals surface area contributed by atoms with E-state index in [0.717, 1.165) is 6.42 Å². The SMILES string of the molecule is CCOCCC(=O)NC(CC)C(N)=S. The summed E-state index contributed by atoms with van der Waals surface area (Å²) in [5.74, 6) is -0.0712. The Bertz CT molecular complexity index is 197. The van der Waals surface area contributed by atoms with E-state index in [2.05, 4.69) is 5.32 Å². The Morgan fingerprint density at radius 3 is 2.64 bits per heavy atom. The van der Waals surface area contributed by atoms with E-state index >= 15 is 0 Å². The van der Waals surface area contributed by atoms with E-state index in [1.807, 2.05) is 13.8 Å². The molecule has 0 heterocycles. The number of nitrogens with two attached hydrogens (primary N) is 1. The molecule has 1 amide bonds. The molecule has 0 rings (SSSR count). The van der Waals surface area contributed by atoms with Crippen LogP contribution in [0.25, 0.3) is 0 Å². The maximum absolute atomic E-state index is 11.3. The highest BCUT2D eigenvalue weighted by atomic mass is 32.1. The third kappa shape index (κ3) is 5.88. The molecule has 0 aromatic carbocycles. The monoisotopic (exact) mass is 218 g/mol. The number of amides is 1. The molecule has 0 aromatic heterocycles. The second-order valence-electron chi connectivity index (χ2n) is 2.88. The lowest BCUT2D eigenvalue weighted by atomic mass is 10.2. The first-order chi connectivity index (χ1) is 6.61. The summed E-state index contributed by atoms with van der Waals surface area (Å²) in [6.45, 7) is 4.88. The van der Waals surface area contributed by atoms with Crippen molar-refractivity contribution in [1.29, 1.82) is 0 Å². The van der Waals surface area contributed by atoms with Crippen LogP contribution >= 0.6 is 12.2 Å². The van der Waals surface area contributed by atoms with Crippen LogP contribution in [0.2, 0.25) is 0 Å². The van der Waals surface area contributed by atoms with Gasteiger partial charge in [0.1, 0.15) is 0 Å². The van der Waals surface area contributed by atoms with Gasteiger partial charge in [0, 0.05) is 13.0 Å². The van der Waals surface area contributed by atoms with Gasteiger partial charge in [-0.3, -0.25) is 4.79 Å². The van der Waals surface area contributed by atoms with Gasteiger partial charge >= 0.3 is 0 Å². The number of rotatable bonds is 7. The normalized spacial score (nSPS) is 12.1. The standard InChI is InChI=1S/C9H18N2O2S/c1-3-7(9(10)14)11-8(12)5-6-13-4-2/h7H,3-6H2,1-2H3,(H2,10,14)(H,11,12). The maximum atomic E-state index is 11.3. The molecule has 3 N–H and O–H groups in total. The van der Waals surface area contributed by atoms with Crippen LogP contribution in [0.4, 0.5) is 0 Å². The number of carbonyl (C=O) groups excluding carboxylic acids is 1. The first kappa shape index (κ1) is 13.3. The molecule has 14 heavy (non-hydrogen) atoms. The van der Waals surface area contributed by atoms with Gasteiger partial charge in [0.2, 0.25) is 5.91 Å². The molecule has 0 saturated heterocycles. The van der Waals surface area contributed by atoms with Gasteiger partial charge in [-0.15, -0.1) is 0 Å². The Labute approximate surface area is 90.2 Å². The van der Waals surface area contributed by atoms with Crippen molar-refractivity contribution in [3.8, 4) is 0 Å². The molecule has 0 bridgehead atoms. The summed E-state index contributed by atoms with van der Waals surface area (Å²) in [7, 11) is 0. The molecule has 0 radical (unpaired) electrons. The Morgan fingerprint density at radius 1 is 1.57 bits per heavy atom. The van der Waals surface area contributed by atoms with E-state index in [-0.39, 0.29) is 11.9 Å². The van der Waals surface area contributed by atoms with Crippen molar-refractivity contribution in [2.24, 2.45) is 5.73 Å². The van der Waals surface area contributed by atoms with E-state index in [1.54, 1.807) is 0 Å². The molecule has 0 aliphatic carbocycles. The lowest BCUT2D eigenvalue weighted by Crippen LogP contribution is -2.43. The molecular formula is C9H18N2O2S. The zero-order chi connectivity index (χ0) is 11.0. The van der Waals surface area contributed by atoms with E-state index in [0.29, 0.717) is 24.6 Å². The van der Waals surface area contributed by atoms with Crippen molar-refractivity contribution < 1.29 is 9.53 Å². The quantitative estimate of drug-likeness (QED) is 0.485. The van der Waals surface area contributed by atoms with Crippen molar-refractivity contribution in [3.05, 3.63) is 0 Å². The highest BCUT2D eigenvalue weighted by molar-refractivity contribution is 7.80. The summed E-state index contributed by atoms with van der Waals surface area (Å²) in [4.78, 5) is 11.6. The lowest BCUT2D eigenvalue weighted by molar-refractivity contribution is -0.122. The molecule has 1 unspecified atom stereocenters. The Kier molecular flexibility index (Phi) is 7.32. The van der Waals surface area contributed by atoms with E-state index in [1.165, 1.54) is 0 Å². The second-order valence-corrected chi connectivity index (χ2v) is 3.35. The number of nitrogens with one attached hydrogen (secondary N) is 1. The number of ether oxygens (including phenoxy) is 1. The summed E-state index contributed by atoms with van der Waals surface area (Å²) >= 11 is 4.80. The zero-order valence-corrected chi connectivity index (χ0v) is 9.52. The molecule has 0 aromatic rings. The average Bonchev–Trinajstić information content (AvgIpc) is 2.14. The van der Waals surface area contributed by atoms with E-state index < -0.39 is 0 Å². The Morgan fingerprint density at radius 2 is 2.21 bits per heavy atom. The van der Waals surface area contributed by atoms with Crippen LogP contribution in [0, 0.1) is 0 Å². The van der Waals surface area contributed by atoms with Crippen LogP contribution in [0.15, 0.2) is 0 Å². The lowest BCUT2D eigenvalue weighted by Gasteiger charge is -2.14. The fourth-order valence-electron chi connectivity index (χ4n) is 0.950.